The highest BCUT2D eigenvalue weighted by Crippen LogP contribution is 2.35. The van der Waals surface area contributed by atoms with E-state index in [1.165, 1.54) is 0 Å². The Morgan fingerprint density at radius 2 is 1.85 bits per heavy atom. The highest BCUT2D eigenvalue weighted by molar-refractivity contribution is 7.91. The van der Waals surface area contributed by atoms with Crippen LogP contribution >= 0.6 is 0 Å². The Hall–Kier alpha value is -1.07. The first-order valence-corrected chi connectivity index (χ1v) is 8.86. The molecular formula is C15H23NO3S. The van der Waals surface area contributed by atoms with Crippen LogP contribution in [0.3, 0.4) is 0 Å². The number of sulfone groups is 1. The quantitative estimate of drug-likeness (QED) is 0.874. The summed E-state index contributed by atoms with van der Waals surface area (Å²) in [4.78, 5) is 2.35. The Labute approximate surface area is 121 Å². The van der Waals surface area contributed by atoms with E-state index < -0.39 is 15.4 Å². The normalized spacial score (nSPS) is 17.9. The third-order valence-corrected chi connectivity index (χ3v) is 5.66. The molecule has 0 radical (unpaired) electrons. The number of rotatable bonds is 6. The van der Waals surface area contributed by atoms with Crippen LogP contribution in [0.5, 0.6) is 0 Å². The number of para-hydroxylation sites is 1. The average molecular weight is 297 g/mol. The van der Waals surface area contributed by atoms with Crippen molar-refractivity contribution >= 4 is 15.5 Å². The zero-order valence-electron chi connectivity index (χ0n) is 12.2. The molecule has 1 heterocycles. The van der Waals surface area contributed by atoms with Crippen LogP contribution in [-0.2, 0) is 9.84 Å². The van der Waals surface area contributed by atoms with Crippen LogP contribution in [0.25, 0.3) is 0 Å². The largest absolute Gasteiger partial charge is 0.386 e. The van der Waals surface area contributed by atoms with Crippen LogP contribution in [0.2, 0.25) is 0 Å². The van der Waals surface area contributed by atoms with E-state index in [1.54, 1.807) is 12.1 Å². The van der Waals surface area contributed by atoms with Crippen molar-refractivity contribution in [3.63, 3.8) is 0 Å². The molecule has 20 heavy (non-hydrogen) atoms. The average Bonchev–Trinajstić information content (AvgIpc) is 2.36. The van der Waals surface area contributed by atoms with Gasteiger partial charge in [0.2, 0.25) is 0 Å². The summed E-state index contributed by atoms with van der Waals surface area (Å²) in [6, 6.07) is 7.09. The lowest BCUT2D eigenvalue weighted by Gasteiger charge is -2.48. The van der Waals surface area contributed by atoms with Crippen molar-refractivity contribution in [1.29, 1.82) is 0 Å². The molecule has 0 unspecified atom stereocenters. The zero-order valence-corrected chi connectivity index (χ0v) is 13.0. The van der Waals surface area contributed by atoms with Gasteiger partial charge >= 0.3 is 0 Å². The molecule has 1 aromatic rings. The van der Waals surface area contributed by atoms with E-state index >= 15 is 0 Å². The van der Waals surface area contributed by atoms with Crippen molar-refractivity contribution < 1.29 is 13.5 Å². The lowest BCUT2D eigenvalue weighted by Crippen LogP contribution is -2.62. The highest BCUT2D eigenvalue weighted by Gasteiger charge is 2.41. The predicted octanol–water partition coefficient (Wildman–Crippen LogP) is 2.22. The predicted molar refractivity (Wildman–Crippen MR) is 80.9 cm³/mol. The third-order valence-electron chi connectivity index (χ3n) is 3.70. The van der Waals surface area contributed by atoms with Crippen molar-refractivity contribution in [2.45, 2.75) is 43.6 Å². The summed E-state index contributed by atoms with van der Waals surface area (Å²) in [7, 11) is -3.24. The second kappa shape index (κ2) is 5.74. The molecule has 1 aromatic carbocycles. The second-order valence-electron chi connectivity index (χ2n) is 5.62. The van der Waals surface area contributed by atoms with Crippen LogP contribution in [0.4, 0.5) is 5.69 Å². The van der Waals surface area contributed by atoms with Gasteiger partial charge < -0.3 is 10.0 Å². The van der Waals surface area contributed by atoms with Crippen molar-refractivity contribution in [1.82, 2.24) is 0 Å². The molecule has 2 rings (SSSR count). The fourth-order valence-electron chi connectivity index (χ4n) is 2.82. The van der Waals surface area contributed by atoms with Crippen LogP contribution in [-0.4, -0.2) is 38.0 Å². The van der Waals surface area contributed by atoms with Gasteiger partial charge in [-0.05, 0) is 25.0 Å². The summed E-state index contributed by atoms with van der Waals surface area (Å²) in [5, 5.41) is 10.2. The van der Waals surface area contributed by atoms with Crippen LogP contribution in [0.15, 0.2) is 29.2 Å². The molecule has 1 aliphatic rings. The lowest BCUT2D eigenvalue weighted by atomic mass is 9.89. The minimum Gasteiger partial charge on any atom is -0.386 e. The molecule has 0 amide bonds. The third kappa shape index (κ3) is 2.99. The lowest BCUT2D eigenvalue weighted by molar-refractivity contribution is 0.00310. The number of hydrogen-bond acceptors (Lipinski definition) is 4. The fraction of sp³-hybridized carbons (Fsp3) is 0.600. The number of aliphatic hydroxyl groups is 1. The minimum atomic E-state index is -3.24. The molecule has 1 N–H and O–H groups in total. The maximum Gasteiger partial charge on any atom is 0.180 e. The SMILES string of the molecule is CCCC1(O)CN(c2ccccc2S(=O)(=O)CCC)C1. The summed E-state index contributed by atoms with van der Waals surface area (Å²) in [6.07, 6.45) is 2.30. The van der Waals surface area contributed by atoms with Gasteiger partial charge in [-0.25, -0.2) is 8.42 Å². The number of nitrogens with zero attached hydrogens (tertiary/aromatic N) is 1. The first kappa shape index (κ1) is 15.3. The van der Waals surface area contributed by atoms with Gasteiger partial charge in [0, 0.05) is 13.1 Å². The van der Waals surface area contributed by atoms with Crippen molar-refractivity contribution in [2.24, 2.45) is 0 Å². The van der Waals surface area contributed by atoms with Gasteiger partial charge in [0.15, 0.2) is 9.84 Å². The van der Waals surface area contributed by atoms with Crippen molar-refractivity contribution in [2.75, 3.05) is 23.7 Å². The summed E-state index contributed by atoms with van der Waals surface area (Å²) in [5.41, 5.74) is 0.0675. The Kier molecular flexibility index (Phi) is 4.39. The molecule has 4 nitrogen and oxygen atoms in total. The van der Waals surface area contributed by atoms with E-state index in [9.17, 15) is 13.5 Å². The Morgan fingerprint density at radius 3 is 2.45 bits per heavy atom. The molecule has 0 spiro atoms. The Morgan fingerprint density at radius 1 is 1.20 bits per heavy atom. The van der Waals surface area contributed by atoms with E-state index in [0.717, 1.165) is 18.5 Å². The molecule has 0 aromatic heterocycles. The number of benzene rings is 1. The van der Waals surface area contributed by atoms with Gasteiger partial charge in [-0.15, -0.1) is 0 Å². The number of anilines is 1. The summed E-state index contributed by atoms with van der Waals surface area (Å²) in [6.45, 7) is 4.93. The maximum atomic E-state index is 12.3. The first-order valence-electron chi connectivity index (χ1n) is 7.21. The summed E-state index contributed by atoms with van der Waals surface area (Å²) in [5.74, 6) is 0.164. The van der Waals surface area contributed by atoms with Gasteiger partial charge in [-0.2, -0.15) is 0 Å². The smallest absolute Gasteiger partial charge is 0.180 e. The summed E-state index contributed by atoms with van der Waals surface area (Å²) >= 11 is 0. The summed E-state index contributed by atoms with van der Waals surface area (Å²) < 4.78 is 24.6. The molecule has 0 saturated carbocycles. The molecule has 0 atom stereocenters. The Balaban J connectivity index is 2.23. The molecule has 1 saturated heterocycles. The monoisotopic (exact) mass is 297 g/mol. The number of hydrogen-bond donors (Lipinski definition) is 1. The molecular weight excluding hydrogens is 274 g/mol. The van der Waals surface area contributed by atoms with E-state index in [2.05, 4.69) is 0 Å². The van der Waals surface area contributed by atoms with E-state index in [-0.39, 0.29) is 5.75 Å². The topological polar surface area (TPSA) is 57.6 Å². The van der Waals surface area contributed by atoms with E-state index in [0.29, 0.717) is 24.4 Å². The van der Waals surface area contributed by atoms with Gasteiger partial charge in [-0.3, -0.25) is 0 Å². The standard InChI is InChI=1S/C15H23NO3S/c1-3-9-15(17)11-16(12-15)13-7-5-6-8-14(13)20(18,19)10-4-2/h5-8,17H,3-4,9-12H2,1-2H3. The Bertz CT molecular complexity index is 562. The van der Waals surface area contributed by atoms with Crippen molar-refractivity contribution in [3.8, 4) is 0 Å². The maximum absolute atomic E-state index is 12.3. The van der Waals surface area contributed by atoms with Gasteiger partial charge in [-0.1, -0.05) is 32.4 Å². The number of β-amino-alcohol motifs (C(OH)–C–C–N with tert-alkyl or cyclic N) is 1. The van der Waals surface area contributed by atoms with Crippen LogP contribution in [0.1, 0.15) is 33.1 Å². The highest BCUT2D eigenvalue weighted by atomic mass is 32.2. The zero-order chi connectivity index (χ0) is 14.8. The van der Waals surface area contributed by atoms with Crippen LogP contribution < -0.4 is 4.90 Å². The fourth-order valence-corrected chi connectivity index (χ4v) is 4.38. The van der Waals surface area contributed by atoms with Gasteiger partial charge in [0.1, 0.15) is 0 Å². The van der Waals surface area contributed by atoms with Crippen molar-refractivity contribution in [3.05, 3.63) is 24.3 Å². The minimum absolute atomic E-state index is 0.164. The van der Waals surface area contributed by atoms with E-state index in [1.807, 2.05) is 30.9 Å². The molecule has 1 fully saturated rings. The molecule has 112 valence electrons. The van der Waals surface area contributed by atoms with Crippen LogP contribution in [0, 0.1) is 0 Å². The molecule has 5 heteroatoms. The second-order valence-corrected chi connectivity index (χ2v) is 7.69. The molecule has 0 bridgehead atoms. The molecule has 1 aliphatic heterocycles. The molecule has 0 aliphatic carbocycles. The van der Waals surface area contributed by atoms with Gasteiger partial charge in [0.25, 0.3) is 0 Å². The van der Waals surface area contributed by atoms with E-state index in [4.69, 9.17) is 0 Å². The first-order chi connectivity index (χ1) is 9.42. The van der Waals surface area contributed by atoms with Gasteiger partial charge in [0.05, 0.1) is 21.9 Å².